The Morgan fingerprint density at radius 2 is 2.05 bits per heavy atom. The molecule has 1 aromatic rings. The summed E-state index contributed by atoms with van der Waals surface area (Å²) in [5, 5.41) is -0.297. The monoisotopic (exact) mass is 309 g/mol. The molecule has 1 aliphatic heterocycles. The number of hydrogen-bond donors (Lipinski definition) is 0. The molecular formula is C15H19NO4S. The number of para-hydroxylation sites is 1. The SMILES string of the molecule is CC1CN(C(=O)CS(=O)(=O)C2CC2)Cc2ccccc2O1. The van der Waals surface area contributed by atoms with Crippen molar-refractivity contribution in [2.24, 2.45) is 0 Å². The van der Waals surface area contributed by atoms with E-state index in [0.717, 1.165) is 11.3 Å². The fraction of sp³-hybridized carbons (Fsp3) is 0.533. The number of amides is 1. The van der Waals surface area contributed by atoms with Gasteiger partial charge in [0.15, 0.2) is 9.84 Å². The molecule has 6 heteroatoms. The summed E-state index contributed by atoms with van der Waals surface area (Å²) in [7, 11) is -3.27. The van der Waals surface area contributed by atoms with Gasteiger partial charge in [-0.15, -0.1) is 0 Å². The molecule has 1 heterocycles. The molecule has 0 bridgehead atoms. The quantitative estimate of drug-likeness (QED) is 0.846. The summed E-state index contributed by atoms with van der Waals surface area (Å²) in [4.78, 5) is 13.9. The molecule has 5 nitrogen and oxygen atoms in total. The highest BCUT2D eigenvalue weighted by atomic mass is 32.2. The molecule has 1 saturated carbocycles. The average molecular weight is 309 g/mol. The van der Waals surface area contributed by atoms with Gasteiger partial charge in [-0.25, -0.2) is 8.42 Å². The van der Waals surface area contributed by atoms with Crippen molar-refractivity contribution in [3.05, 3.63) is 29.8 Å². The Morgan fingerprint density at radius 1 is 1.33 bits per heavy atom. The highest BCUT2D eigenvalue weighted by Crippen LogP contribution is 2.30. The van der Waals surface area contributed by atoms with Crippen LogP contribution in [0.25, 0.3) is 0 Å². The molecular weight excluding hydrogens is 290 g/mol. The van der Waals surface area contributed by atoms with Crippen molar-refractivity contribution in [2.75, 3.05) is 12.3 Å². The Kier molecular flexibility index (Phi) is 3.65. The van der Waals surface area contributed by atoms with E-state index in [-0.39, 0.29) is 23.0 Å². The van der Waals surface area contributed by atoms with Crippen LogP contribution < -0.4 is 4.74 Å². The van der Waals surface area contributed by atoms with Crippen molar-refractivity contribution in [2.45, 2.75) is 37.7 Å². The Balaban J connectivity index is 1.77. The topological polar surface area (TPSA) is 63.7 Å². The number of hydrogen-bond acceptors (Lipinski definition) is 4. The summed E-state index contributed by atoms with van der Waals surface area (Å²) >= 11 is 0. The van der Waals surface area contributed by atoms with Crippen LogP contribution in [0.5, 0.6) is 5.75 Å². The lowest BCUT2D eigenvalue weighted by Crippen LogP contribution is -2.39. The summed E-state index contributed by atoms with van der Waals surface area (Å²) in [6.45, 7) is 2.70. The minimum atomic E-state index is -3.27. The van der Waals surface area contributed by atoms with Gasteiger partial charge in [0.05, 0.1) is 11.8 Å². The van der Waals surface area contributed by atoms with Gasteiger partial charge in [-0.3, -0.25) is 4.79 Å². The van der Waals surface area contributed by atoms with Crippen LogP contribution in [-0.2, 0) is 21.2 Å². The van der Waals surface area contributed by atoms with E-state index in [2.05, 4.69) is 0 Å². The maximum absolute atomic E-state index is 12.3. The largest absolute Gasteiger partial charge is 0.489 e. The van der Waals surface area contributed by atoms with Crippen LogP contribution in [0.2, 0.25) is 0 Å². The summed E-state index contributed by atoms with van der Waals surface area (Å²) in [5.41, 5.74) is 0.916. The zero-order valence-corrected chi connectivity index (χ0v) is 12.8. The first kappa shape index (κ1) is 14.4. The molecule has 2 aliphatic rings. The van der Waals surface area contributed by atoms with E-state index in [1.54, 1.807) is 4.90 Å². The van der Waals surface area contributed by atoms with Gasteiger partial charge in [-0.2, -0.15) is 0 Å². The van der Waals surface area contributed by atoms with Crippen LogP contribution in [0, 0.1) is 0 Å². The molecule has 1 unspecified atom stereocenters. The van der Waals surface area contributed by atoms with Crippen LogP contribution in [0.15, 0.2) is 24.3 Å². The Morgan fingerprint density at radius 3 is 2.76 bits per heavy atom. The highest BCUT2D eigenvalue weighted by Gasteiger charge is 2.38. The number of sulfone groups is 1. The lowest BCUT2D eigenvalue weighted by molar-refractivity contribution is -0.129. The van der Waals surface area contributed by atoms with E-state index in [9.17, 15) is 13.2 Å². The second-order valence-electron chi connectivity index (χ2n) is 5.82. The van der Waals surface area contributed by atoms with Gasteiger partial charge in [-0.1, -0.05) is 18.2 Å². The molecule has 114 valence electrons. The molecule has 0 radical (unpaired) electrons. The molecule has 3 rings (SSSR count). The first-order valence-corrected chi connectivity index (χ1v) is 8.91. The number of carbonyl (C=O) groups is 1. The van der Waals surface area contributed by atoms with E-state index >= 15 is 0 Å². The third-order valence-electron chi connectivity index (χ3n) is 3.85. The number of ether oxygens (including phenoxy) is 1. The number of carbonyl (C=O) groups excluding carboxylic acids is 1. The Bertz CT molecular complexity index is 651. The fourth-order valence-corrected chi connectivity index (χ4v) is 4.20. The van der Waals surface area contributed by atoms with E-state index in [1.807, 2.05) is 31.2 Å². The number of benzene rings is 1. The van der Waals surface area contributed by atoms with Crippen LogP contribution in [0.4, 0.5) is 0 Å². The number of rotatable bonds is 3. The Labute approximate surface area is 124 Å². The molecule has 1 fully saturated rings. The van der Waals surface area contributed by atoms with Crippen molar-refractivity contribution in [3.8, 4) is 5.75 Å². The predicted molar refractivity (Wildman–Crippen MR) is 78.8 cm³/mol. The molecule has 21 heavy (non-hydrogen) atoms. The maximum atomic E-state index is 12.3. The molecule has 0 N–H and O–H groups in total. The van der Waals surface area contributed by atoms with E-state index in [0.29, 0.717) is 25.9 Å². The first-order chi connectivity index (χ1) is 9.95. The van der Waals surface area contributed by atoms with Crippen molar-refractivity contribution >= 4 is 15.7 Å². The minimum absolute atomic E-state index is 0.152. The van der Waals surface area contributed by atoms with Gasteiger partial charge in [0, 0.05) is 12.1 Å². The van der Waals surface area contributed by atoms with Crippen molar-refractivity contribution in [1.82, 2.24) is 4.90 Å². The zero-order chi connectivity index (χ0) is 15.0. The van der Waals surface area contributed by atoms with Gasteiger partial charge in [-0.05, 0) is 25.8 Å². The minimum Gasteiger partial charge on any atom is -0.489 e. The van der Waals surface area contributed by atoms with Crippen molar-refractivity contribution in [1.29, 1.82) is 0 Å². The predicted octanol–water partition coefficient (Wildman–Crippen LogP) is 1.37. The van der Waals surface area contributed by atoms with Gasteiger partial charge >= 0.3 is 0 Å². The van der Waals surface area contributed by atoms with E-state index < -0.39 is 9.84 Å². The van der Waals surface area contributed by atoms with Crippen LogP contribution in [0.3, 0.4) is 0 Å². The van der Waals surface area contributed by atoms with Crippen LogP contribution >= 0.6 is 0 Å². The molecule has 1 atom stereocenters. The zero-order valence-electron chi connectivity index (χ0n) is 12.0. The normalized spacial score (nSPS) is 22.1. The second-order valence-corrected chi connectivity index (χ2v) is 8.10. The van der Waals surface area contributed by atoms with E-state index in [4.69, 9.17) is 4.74 Å². The summed E-state index contributed by atoms with van der Waals surface area (Å²) in [6.07, 6.45) is 1.23. The first-order valence-electron chi connectivity index (χ1n) is 7.19. The molecule has 1 amide bonds. The Hall–Kier alpha value is -1.56. The second kappa shape index (κ2) is 5.33. The highest BCUT2D eigenvalue weighted by molar-refractivity contribution is 7.93. The van der Waals surface area contributed by atoms with Crippen molar-refractivity contribution in [3.63, 3.8) is 0 Å². The molecule has 1 aliphatic carbocycles. The summed E-state index contributed by atoms with van der Waals surface area (Å²) in [5.74, 6) is 0.0615. The van der Waals surface area contributed by atoms with Gasteiger partial charge in [0.2, 0.25) is 5.91 Å². The van der Waals surface area contributed by atoms with Crippen molar-refractivity contribution < 1.29 is 17.9 Å². The van der Waals surface area contributed by atoms with Gasteiger partial charge in [0.1, 0.15) is 17.6 Å². The molecule has 0 aromatic heterocycles. The fourth-order valence-electron chi connectivity index (χ4n) is 2.58. The lowest BCUT2D eigenvalue weighted by Gasteiger charge is -2.22. The van der Waals surface area contributed by atoms with Crippen LogP contribution in [0.1, 0.15) is 25.3 Å². The molecule has 0 saturated heterocycles. The third kappa shape index (κ3) is 3.20. The van der Waals surface area contributed by atoms with E-state index in [1.165, 1.54) is 0 Å². The maximum Gasteiger partial charge on any atom is 0.238 e. The summed E-state index contributed by atoms with van der Waals surface area (Å²) < 4.78 is 29.7. The van der Waals surface area contributed by atoms with Gasteiger partial charge in [0.25, 0.3) is 0 Å². The number of nitrogens with zero attached hydrogens (tertiary/aromatic N) is 1. The number of fused-ring (bicyclic) bond motifs is 1. The van der Waals surface area contributed by atoms with Gasteiger partial charge < -0.3 is 9.64 Å². The molecule has 0 spiro atoms. The standard InChI is InChI=1S/C15H19NO4S/c1-11-8-16(9-12-4-2-3-5-14(12)20-11)15(17)10-21(18,19)13-6-7-13/h2-5,11,13H,6-10H2,1H3. The summed E-state index contributed by atoms with van der Waals surface area (Å²) in [6, 6.07) is 7.56. The van der Waals surface area contributed by atoms with Crippen LogP contribution in [-0.4, -0.2) is 42.9 Å². The molecule has 1 aromatic carbocycles. The lowest BCUT2D eigenvalue weighted by atomic mass is 10.2. The smallest absolute Gasteiger partial charge is 0.238 e. The third-order valence-corrected chi connectivity index (χ3v) is 5.99. The average Bonchev–Trinajstić information content (AvgIpc) is 3.24.